The van der Waals surface area contributed by atoms with Crippen LogP contribution in [0.15, 0.2) is 0 Å². The quantitative estimate of drug-likeness (QED) is 0.366. The predicted octanol–water partition coefficient (Wildman–Crippen LogP) is -0.747. The second kappa shape index (κ2) is 6.43. The molecule has 0 aliphatic heterocycles. The van der Waals surface area contributed by atoms with Gasteiger partial charge in [0.1, 0.15) is 0 Å². The molecule has 0 aromatic rings. The van der Waals surface area contributed by atoms with Crippen LogP contribution in [-0.4, -0.2) is 26.0 Å². The number of rotatable bonds is 5. The van der Waals surface area contributed by atoms with Crippen LogP contribution in [0.1, 0.15) is 6.92 Å². The third-order valence-electron chi connectivity index (χ3n) is 0.749. The van der Waals surface area contributed by atoms with E-state index in [2.05, 4.69) is 10.6 Å². The fourth-order valence-electron chi connectivity index (χ4n) is 0.379. The lowest BCUT2D eigenvalue weighted by Gasteiger charge is -1.96. The van der Waals surface area contributed by atoms with Crippen molar-refractivity contribution in [1.82, 2.24) is 10.6 Å². The van der Waals surface area contributed by atoms with Gasteiger partial charge in [0.2, 0.25) is 0 Å². The molecule has 0 aliphatic carbocycles. The summed E-state index contributed by atoms with van der Waals surface area (Å²) in [5, 5.41) is 5.46. The molecule has 0 bridgehead atoms. The SMILES string of the molecule is CCNCCN[C]=O. The summed E-state index contributed by atoms with van der Waals surface area (Å²) in [6.45, 7) is 4.45. The van der Waals surface area contributed by atoms with Gasteiger partial charge in [-0.05, 0) is 6.54 Å². The highest BCUT2D eigenvalue weighted by Gasteiger charge is 1.79. The van der Waals surface area contributed by atoms with Crippen molar-refractivity contribution in [2.24, 2.45) is 0 Å². The van der Waals surface area contributed by atoms with Gasteiger partial charge in [-0.2, -0.15) is 0 Å². The number of amides is 1. The maximum atomic E-state index is 9.50. The molecule has 2 N–H and O–H groups in total. The second-order valence-corrected chi connectivity index (χ2v) is 1.38. The molecule has 0 aromatic heterocycles. The van der Waals surface area contributed by atoms with Crippen LogP contribution in [0.4, 0.5) is 0 Å². The van der Waals surface area contributed by atoms with Crippen LogP contribution in [0.2, 0.25) is 0 Å². The summed E-state index contributed by atoms with van der Waals surface area (Å²) in [5.41, 5.74) is 0. The number of carbonyl (C=O) groups excluding carboxylic acids is 1. The van der Waals surface area contributed by atoms with Crippen LogP contribution < -0.4 is 10.6 Å². The summed E-state index contributed by atoms with van der Waals surface area (Å²) in [6.07, 6.45) is 1.59. The zero-order chi connectivity index (χ0) is 6.24. The molecule has 0 rings (SSSR count). The van der Waals surface area contributed by atoms with Gasteiger partial charge in [-0.15, -0.1) is 0 Å². The minimum Gasteiger partial charge on any atom is -0.347 e. The molecule has 0 unspecified atom stereocenters. The van der Waals surface area contributed by atoms with E-state index in [4.69, 9.17) is 0 Å². The summed E-state index contributed by atoms with van der Waals surface area (Å²) in [6, 6.07) is 0. The highest BCUT2D eigenvalue weighted by atomic mass is 16.1. The van der Waals surface area contributed by atoms with Gasteiger partial charge >= 0.3 is 6.41 Å². The van der Waals surface area contributed by atoms with E-state index in [1.54, 1.807) is 6.41 Å². The lowest BCUT2D eigenvalue weighted by atomic mass is 10.6. The Bertz CT molecular complexity index is 56.4. The molecule has 0 heterocycles. The van der Waals surface area contributed by atoms with E-state index in [-0.39, 0.29) is 0 Å². The predicted molar refractivity (Wildman–Crippen MR) is 32.2 cm³/mol. The molecule has 0 atom stereocenters. The largest absolute Gasteiger partial charge is 0.347 e. The first kappa shape index (κ1) is 7.43. The van der Waals surface area contributed by atoms with Crippen molar-refractivity contribution >= 4 is 6.41 Å². The zero-order valence-corrected chi connectivity index (χ0v) is 5.03. The molecule has 1 amide bonds. The topological polar surface area (TPSA) is 41.1 Å². The van der Waals surface area contributed by atoms with Gasteiger partial charge in [0.15, 0.2) is 0 Å². The molecule has 0 spiro atoms. The Morgan fingerprint density at radius 3 is 2.75 bits per heavy atom. The number of hydrogen-bond donors (Lipinski definition) is 2. The lowest BCUT2D eigenvalue weighted by molar-refractivity contribution is 0.539. The molecule has 3 nitrogen and oxygen atoms in total. The maximum Gasteiger partial charge on any atom is 0.309 e. The fraction of sp³-hybridized carbons (Fsp3) is 0.800. The Kier molecular flexibility index (Phi) is 5.97. The van der Waals surface area contributed by atoms with Gasteiger partial charge in [-0.3, -0.25) is 4.79 Å². The Morgan fingerprint density at radius 2 is 2.25 bits per heavy atom. The molecule has 0 saturated heterocycles. The van der Waals surface area contributed by atoms with E-state index in [9.17, 15) is 4.79 Å². The second-order valence-electron chi connectivity index (χ2n) is 1.38. The Hall–Kier alpha value is -0.570. The standard InChI is InChI=1S/C5H11N2O/c1-2-6-3-4-7-5-8/h6H,2-4H2,1H3,(H,7,8). The molecular weight excluding hydrogens is 104 g/mol. The van der Waals surface area contributed by atoms with Crippen LogP contribution in [-0.2, 0) is 4.79 Å². The first-order chi connectivity index (χ1) is 3.91. The summed E-state index contributed by atoms with van der Waals surface area (Å²) < 4.78 is 0. The van der Waals surface area contributed by atoms with E-state index in [0.717, 1.165) is 13.1 Å². The van der Waals surface area contributed by atoms with Crippen LogP contribution in [0.25, 0.3) is 0 Å². The van der Waals surface area contributed by atoms with Crippen molar-refractivity contribution in [1.29, 1.82) is 0 Å². The summed E-state index contributed by atoms with van der Waals surface area (Å²) in [7, 11) is 0. The van der Waals surface area contributed by atoms with E-state index in [1.807, 2.05) is 6.92 Å². The van der Waals surface area contributed by atoms with E-state index >= 15 is 0 Å². The third-order valence-corrected chi connectivity index (χ3v) is 0.749. The van der Waals surface area contributed by atoms with Crippen molar-refractivity contribution in [2.75, 3.05) is 19.6 Å². The van der Waals surface area contributed by atoms with E-state index in [1.165, 1.54) is 0 Å². The average Bonchev–Trinajstić information content (AvgIpc) is 1.81. The van der Waals surface area contributed by atoms with Crippen LogP contribution in [0, 0.1) is 0 Å². The Balaban J connectivity index is 2.62. The Labute approximate surface area is 49.5 Å². The summed E-state index contributed by atoms with van der Waals surface area (Å²) >= 11 is 0. The minimum atomic E-state index is 0.664. The van der Waals surface area contributed by atoms with Gasteiger partial charge in [-0.25, -0.2) is 0 Å². The first-order valence-electron chi connectivity index (χ1n) is 2.72. The number of nitrogens with one attached hydrogen (secondary N) is 2. The number of hydrogen-bond acceptors (Lipinski definition) is 2. The summed E-state index contributed by atoms with van der Waals surface area (Å²) in [5.74, 6) is 0. The van der Waals surface area contributed by atoms with Gasteiger partial charge < -0.3 is 10.6 Å². The van der Waals surface area contributed by atoms with Crippen molar-refractivity contribution in [3.05, 3.63) is 0 Å². The smallest absolute Gasteiger partial charge is 0.309 e. The maximum absolute atomic E-state index is 9.50. The lowest BCUT2D eigenvalue weighted by Crippen LogP contribution is -2.25. The van der Waals surface area contributed by atoms with Crippen LogP contribution >= 0.6 is 0 Å². The molecular formula is C5H11N2O. The molecule has 1 radical (unpaired) electrons. The van der Waals surface area contributed by atoms with Gasteiger partial charge in [0.05, 0.1) is 0 Å². The number of likely N-dealkylation sites (N-methyl/N-ethyl adjacent to an activating group) is 1. The molecule has 47 valence electrons. The molecule has 8 heavy (non-hydrogen) atoms. The van der Waals surface area contributed by atoms with Crippen molar-refractivity contribution < 1.29 is 4.79 Å². The van der Waals surface area contributed by atoms with Gasteiger partial charge in [-0.1, -0.05) is 6.92 Å². The molecule has 0 aliphatic rings. The molecule has 0 aromatic carbocycles. The monoisotopic (exact) mass is 115 g/mol. The van der Waals surface area contributed by atoms with Gasteiger partial charge in [0, 0.05) is 13.1 Å². The van der Waals surface area contributed by atoms with Crippen molar-refractivity contribution in [3.63, 3.8) is 0 Å². The molecule has 0 saturated carbocycles. The first-order valence-corrected chi connectivity index (χ1v) is 2.72. The fourth-order valence-corrected chi connectivity index (χ4v) is 0.379. The normalized spacial score (nSPS) is 8.62. The van der Waals surface area contributed by atoms with Crippen LogP contribution in [0.5, 0.6) is 0 Å². The molecule has 0 fully saturated rings. The highest BCUT2D eigenvalue weighted by Crippen LogP contribution is 1.53. The minimum absolute atomic E-state index is 0.664. The van der Waals surface area contributed by atoms with E-state index < -0.39 is 0 Å². The average molecular weight is 115 g/mol. The summed E-state index contributed by atoms with van der Waals surface area (Å²) in [4.78, 5) is 9.50. The van der Waals surface area contributed by atoms with Crippen molar-refractivity contribution in [3.8, 4) is 0 Å². The highest BCUT2D eigenvalue weighted by molar-refractivity contribution is 5.46. The third kappa shape index (κ3) is 5.43. The Morgan fingerprint density at radius 1 is 1.50 bits per heavy atom. The van der Waals surface area contributed by atoms with Gasteiger partial charge in [0.25, 0.3) is 0 Å². The van der Waals surface area contributed by atoms with Crippen LogP contribution in [0.3, 0.4) is 0 Å². The van der Waals surface area contributed by atoms with Crippen molar-refractivity contribution in [2.45, 2.75) is 6.92 Å². The zero-order valence-electron chi connectivity index (χ0n) is 5.03. The molecule has 3 heteroatoms. The van der Waals surface area contributed by atoms with E-state index in [0.29, 0.717) is 6.54 Å².